The Morgan fingerprint density at radius 2 is 2.14 bits per heavy atom. The molecular weight excluding hydrogens is 188 g/mol. The fourth-order valence-corrected chi connectivity index (χ4v) is 1.46. The first-order valence-electron chi connectivity index (χ1n) is 3.97. The first kappa shape index (κ1) is 8.75. The van der Waals surface area contributed by atoms with Gasteiger partial charge in [-0.2, -0.15) is 5.01 Å². The number of nitrogens with one attached hydrogen (secondary N) is 1. The Morgan fingerprint density at radius 1 is 1.50 bits per heavy atom. The molecule has 76 valence electrons. The molecule has 2 aliphatic heterocycles. The number of hydrogen-bond donors (Lipinski definition) is 3. The van der Waals surface area contributed by atoms with Crippen LogP contribution in [0.15, 0.2) is 4.99 Å². The second-order valence-electron chi connectivity index (χ2n) is 3.15. The summed E-state index contributed by atoms with van der Waals surface area (Å²) in [4.78, 5) is 28.0. The summed E-state index contributed by atoms with van der Waals surface area (Å²) in [5.74, 6) is 4.87. The van der Waals surface area contributed by atoms with E-state index < -0.39 is 24.1 Å². The molecule has 0 saturated carbocycles. The molecule has 1 fully saturated rings. The molecule has 8 nitrogen and oxygen atoms in total. The number of carbonyl (C=O) groups excluding carboxylic acids is 2. The molecule has 3 amide bonds. The van der Waals surface area contributed by atoms with Crippen molar-refractivity contribution in [2.24, 2.45) is 16.6 Å². The number of amides is 3. The predicted octanol–water partition coefficient (Wildman–Crippen LogP) is -2.63. The summed E-state index contributed by atoms with van der Waals surface area (Å²) >= 11 is 0. The molecule has 1 saturated heterocycles. The molecule has 0 aromatic heterocycles. The van der Waals surface area contributed by atoms with Gasteiger partial charge in [-0.1, -0.05) is 0 Å². The number of hydrazine groups is 1. The highest BCUT2D eigenvalue weighted by Crippen LogP contribution is 2.17. The van der Waals surface area contributed by atoms with Gasteiger partial charge < -0.3 is 16.0 Å². The lowest BCUT2D eigenvalue weighted by Crippen LogP contribution is -2.66. The minimum atomic E-state index is -0.734. The lowest BCUT2D eigenvalue weighted by atomic mass is 10.2. The molecule has 5 N–H and O–H groups in total. The maximum absolute atomic E-state index is 11.5. The minimum Gasteiger partial charge on any atom is -0.370 e. The fourth-order valence-electron chi connectivity index (χ4n) is 1.46. The van der Waals surface area contributed by atoms with Crippen molar-refractivity contribution in [3.63, 3.8) is 0 Å². The van der Waals surface area contributed by atoms with Crippen molar-refractivity contribution < 1.29 is 9.59 Å². The number of nitrogens with zero attached hydrogens (tertiary/aromatic N) is 3. The molecule has 2 atom stereocenters. The molecule has 0 spiro atoms. The first-order valence-corrected chi connectivity index (χ1v) is 3.97. The van der Waals surface area contributed by atoms with Crippen LogP contribution in [0.2, 0.25) is 0 Å². The predicted molar refractivity (Wildman–Crippen MR) is 46.5 cm³/mol. The van der Waals surface area contributed by atoms with Crippen LogP contribution in [0.1, 0.15) is 0 Å². The van der Waals surface area contributed by atoms with Crippen LogP contribution in [0.3, 0.4) is 0 Å². The van der Waals surface area contributed by atoms with Gasteiger partial charge in [0.25, 0.3) is 5.91 Å². The Balaban J connectivity index is 2.32. The number of urea groups is 1. The first-order chi connectivity index (χ1) is 6.52. The molecule has 0 radical (unpaired) electrons. The number of rotatable bonds is 0. The highest BCUT2D eigenvalue weighted by atomic mass is 16.2. The Bertz CT molecular complexity index is 339. The zero-order valence-electron chi connectivity index (χ0n) is 7.47. The zero-order chi connectivity index (χ0) is 10.5. The maximum Gasteiger partial charge on any atom is 0.340 e. The molecule has 8 heteroatoms. The highest BCUT2D eigenvalue weighted by Gasteiger charge is 2.46. The van der Waals surface area contributed by atoms with Crippen LogP contribution in [0.5, 0.6) is 0 Å². The molecule has 0 bridgehead atoms. The number of fused-ring (bicyclic) bond motifs is 1. The normalized spacial score (nSPS) is 31.4. The zero-order valence-corrected chi connectivity index (χ0v) is 7.47. The van der Waals surface area contributed by atoms with Gasteiger partial charge in [0.05, 0.1) is 0 Å². The second kappa shape index (κ2) is 2.58. The van der Waals surface area contributed by atoms with Gasteiger partial charge in [-0.05, 0) is 0 Å². The van der Waals surface area contributed by atoms with Crippen molar-refractivity contribution in [2.45, 2.75) is 12.2 Å². The van der Waals surface area contributed by atoms with E-state index in [1.165, 1.54) is 4.90 Å². The standard InChI is InChI=1S/C6H10N6O2/c1-11-3-2(9-5(11)7)4(13)12(8)6(14)10-3/h2-3H,8H2,1H3,(H2,7,9)(H,10,14). The van der Waals surface area contributed by atoms with Gasteiger partial charge >= 0.3 is 6.03 Å². The lowest BCUT2D eigenvalue weighted by Gasteiger charge is -2.32. The minimum absolute atomic E-state index is 0.212. The van der Waals surface area contributed by atoms with E-state index in [2.05, 4.69) is 10.3 Å². The third-order valence-corrected chi connectivity index (χ3v) is 2.33. The third kappa shape index (κ3) is 0.940. The molecule has 2 unspecified atom stereocenters. The van der Waals surface area contributed by atoms with E-state index in [0.717, 1.165) is 0 Å². The topological polar surface area (TPSA) is 117 Å². The summed E-state index contributed by atoms with van der Waals surface area (Å²) in [6, 6.07) is -1.38. The van der Waals surface area contributed by atoms with E-state index in [1.54, 1.807) is 7.05 Å². The Labute approximate surface area is 79.5 Å². The Kier molecular flexibility index (Phi) is 1.61. The van der Waals surface area contributed by atoms with Gasteiger partial charge in [0.15, 0.2) is 12.0 Å². The van der Waals surface area contributed by atoms with Crippen LogP contribution in [0, 0.1) is 0 Å². The van der Waals surface area contributed by atoms with Gasteiger partial charge in [-0.15, -0.1) is 0 Å². The Morgan fingerprint density at radius 3 is 2.79 bits per heavy atom. The SMILES string of the molecule is CN1C(N)=NC2C(=O)N(N)C(=O)NC21. The van der Waals surface area contributed by atoms with Crippen LogP contribution in [0.25, 0.3) is 0 Å². The maximum atomic E-state index is 11.5. The summed E-state index contributed by atoms with van der Waals surface area (Å²) in [6.45, 7) is 0. The third-order valence-electron chi connectivity index (χ3n) is 2.33. The van der Waals surface area contributed by atoms with Gasteiger partial charge in [-0.3, -0.25) is 4.79 Å². The van der Waals surface area contributed by atoms with Crippen molar-refractivity contribution in [2.75, 3.05) is 7.05 Å². The number of imide groups is 1. The number of guanidine groups is 1. The van der Waals surface area contributed by atoms with Crippen LogP contribution in [-0.4, -0.2) is 47.1 Å². The quantitative estimate of drug-likeness (QED) is 0.290. The number of likely N-dealkylation sites (N-methyl/N-ethyl adjacent to an activating group) is 1. The summed E-state index contributed by atoms with van der Waals surface area (Å²) in [7, 11) is 1.64. The van der Waals surface area contributed by atoms with Crippen LogP contribution in [-0.2, 0) is 4.79 Å². The summed E-state index contributed by atoms with van der Waals surface area (Å²) in [5.41, 5.74) is 5.50. The molecule has 0 aromatic rings. The van der Waals surface area contributed by atoms with E-state index in [1.807, 2.05) is 0 Å². The smallest absolute Gasteiger partial charge is 0.340 e. The highest BCUT2D eigenvalue weighted by molar-refractivity contribution is 6.02. The molecule has 0 aliphatic carbocycles. The van der Waals surface area contributed by atoms with Gasteiger partial charge in [0.1, 0.15) is 6.17 Å². The molecule has 0 aromatic carbocycles. The van der Waals surface area contributed by atoms with Crippen LogP contribution >= 0.6 is 0 Å². The van der Waals surface area contributed by atoms with E-state index in [4.69, 9.17) is 11.6 Å². The summed E-state index contributed by atoms with van der Waals surface area (Å²) in [6.07, 6.45) is -0.519. The van der Waals surface area contributed by atoms with Crippen molar-refractivity contribution in [1.29, 1.82) is 0 Å². The summed E-state index contributed by atoms with van der Waals surface area (Å²) in [5, 5.41) is 3.02. The summed E-state index contributed by atoms with van der Waals surface area (Å²) < 4.78 is 0. The van der Waals surface area contributed by atoms with E-state index in [0.29, 0.717) is 5.01 Å². The van der Waals surface area contributed by atoms with E-state index >= 15 is 0 Å². The fraction of sp³-hybridized carbons (Fsp3) is 0.500. The molecular formula is C6H10N6O2. The lowest BCUT2D eigenvalue weighted by molar-refractivity contribution is -0.132. The molecule has 14 heavy (non-hydrogen) atoms. The van der Waals surface area contributed by atoms with Gasteiger partial charge in [-0.25, -0.2) is 15.6 Å². The van der Waals surface area contributed by atoms with Crippen molar-refractivity contribution in [3.8, 4) is 0 Å². The number of nitrogens with two attached hydrogens (primary N) is 2. The number of aliphatic imine (C=N–C) groups is 1. The van der Waals surface area contributed by atoms with Crippen molar-refractivity contribution in [3.05, 3.63) is 0 Å². The second-order valence-corrected chi connectivity index (χ2v) is 3.15. The molecule has 2 rings (SSSR count). The van der Waals surface area contributed by atoms with E-state index in [-0.39, 0.29) is 5.96 Å². The average molecular weight is 198 g/mol. The van der Waals surface area contributed by atoms with Gasteiger partial charge in [0, 0.05) is 7.05 Å². The van der Waals surface area contributed by atoms with Gasteiger partial charge in [0.2, 0.25) is 0 Å². The largest absolute Gasteiger partial charge is 0.370 e. The van der Waals surface area contributed by atoms with Crippen LogP contribution in [0.4, 0.5) is 4.79 Å². The number of carbonyl (C=O) groups is 2. The van der Waals surface area contributed by atoms with Crippen molar-refractivity contribution in [1.82, 2.24) is 15.2 Å². The molecule has 2 heterocycles. The van der Waals surface area contributed by atoms with Crippen molar-refractivity contribution >= 4 is 17.9 Å². The number of hydrogen-bond acceptors (Lipinski definition) is 6. The average Bonchev–Trinajstić information content (AvgIpc) is 2.42. The van der Waals surface area contributed by atoms with E-state index in [9.17, 15) is 9.59 Å². The monoisotopic (exact) mass is 198 g/mol. The van der Waals surface area contributed by atoms with Crippen LogP contribution < -0.4 is 16.9 Å². The Hall–Kier alpha value is -1.83. The molecule has 2 aliphatic rings.